The number of anilines is 1. The highest BCUT2D eigenvalue weighted by atomic mass is 19.1. The highest BCUT2D eigenvalue weighted by Gasteiger charge is 2.24. The van der Waals surface area contributed by atoms with Crippen LogP contribution < -0.4 is 5.32 Å². The van der Waals surface area contributed by atoms with Gasteiger partial charge in [0.2, 0.25) is 0 Å². The minimum atomic E-state index is -0.346. The Morgan fingerprint density at radius 1 is 1.44 bits per heavy atom. The van der Waals surface area contributed by atoms with E-state index in [2.05, 4.69) is 10.3 Å². The van der Waals surface area contributed by atoms with Crippen LogP contribution in [0.2, 0.25) is 0 Å². The third-order valence-corrected chi connectivity index (χ3v) is 4.24. The van der Waals surface area contributed by atoms with Gasteiger partial charge in [-0.3, -0.25) is 5.32 Å². The lowest BCUT2D eigenvalue weighted by atomic mass is 10.2. The molecule has 1 aliphatic heterocycles. The standard InChI is InChI=1S/C18H22FN3O3/c1-12-13(2)25-17(20-12)21-18(23)22(11-16-7-4-8-24-16)10-14-5-3-6-15(19)9-14/h3,5-6,9,16H,4,7-8,10-11H2,1-2H3,(H,20,21,23). The molecule has 1 unspecified atom stereocenters. The van der Waals surface area contributed by atoms with Crippen molar-refractivity contribution in [3.63, 3.8) is 0 Å². The zero-order chi connectivity index (χ0) is 17.8. The lowest BCUT2D eigenvalue weighted by Crippen LogP contribution is -2.39. The summed E-state index contributed by atoms with van der Waals surface area (Å²) in [5, 5.41) is 2.67. The third kappa shape index (κ3) is 4.57. The molecule has 7 heteroatoms. The van der Waals surface area contributed by atoms with Gasteiger partial charge in [0.25, 0.3) is 0 Å². The van der Waals surface area contributed by atoms with Crippen LogP contribution in [0.15, 0.2) is 28.7 Å². The Morgan fingerprint density at radius 3 is 2.92 bits per heavy atom. The van der Waals surface area contributed by atoms with Crippen molar-refractivity contribution < 1.29 is 18.3 Å². The summed E-state index contributed by atoms with van der Waals surface area (Å²) < 4.78 is 24.5. The van der Waals surface area contributed by atoms with Crippen LogP contribution in [-0.4, -0.2) is 35.2 Å². The van der Waals surface area contributed by atoms with Crippen molar-refractivity contribution in [2.24, 2.45) is 0 Å². The normalized spacial score (nSPS) is 16.8. The summed E-state index contributed by atoms with van der Waals surface area (Å²) in [6.45, 7) is 5.02. The van der Waals surface area contributed by atoms with Gasteiger partial charge >= 0.3 is 12.0 Å². The minimum absolute atomic E-state index is 0.00709. The molecule has 1 aliphatic rings. The van der Waals surface area contributed by atoms with Crippen LogP contribution in [0, 0.1) is 19.7 Å². The largest absolute Gasteiger partial charge is 0.428 e. The Kier molecular flexibility index (Phi) is 5.33. The van der Waals surface area contributed by atoms with E-state index in [-0.39, 0.29) is 30.5 Å². The van der Waals surface area contributed by atoms with Gasteiger partial charge in [-0.1, -0.05) is 12.1 Å². The highest BCUT2D eigenvalue weighted by molar-refractivity contribution is 5.87. The number of halogens is 1. The number of aryl methyl sites for hydroxylation is 2. The average Bonchev–Trinajstić information content (AvgIpc) is 3.17. The van der Waals surface area contributed by atoms with Crippen molar-refractivity contribution in [2.75, 3.05) is 18.5 Å². The molecule has 0 spiro atoms. The number of hydrogen-bond donors (Lipinski definition) is 1. The second-order valence-electron chi connectivity index (χ2n) is 6.24. The van der Waals surface area contributed by atoms with Gasteiger partial charge in [0, 0.05) is 19.7 Å². The van der Waals surface area contributed by atoms with Gasteiger partial charge in [-0.05, 0) is 44.4 Å². The number of carbonyl (C=O) groups is 1. The van der Waals surface area contributed by atoms with Crippen molar-refractivity contribution in [3.05, 3.63) is 47.1 Å². The molecule has 0 bridgehead atoms. The SMILES string of the molecule is Cc1nc(NC(=O)N(Cc2cccc(F)c2)CC2CCCO2)oc1C. The summed E-state index contributed by atoms with van der Waals surface area (Å²) in [6, 6.07) is 6.05. The first-order chi connectivity index (χ1) is 12.0. The molecule has 0 aliphatic carbocycles. The number of benzene rings is 1. The summed E-state index contributed by atoms with van der Waals surface area (Å²) >= 11 is 0. The predicted octanol–water partition coefficient (Wildman–Crippen LogP) is 3.64. The summed E-state index contributed by atoms with van der Waals surface area (Å²) in [5.41, 5.74) is 1.44. The molecule has 0 radical (unpaired) electrons. The number of rotatable bonds is 5. The van der Waals surface area contributed by atoms with Crippen molar-refractivity contribution in [1.29, 1.82) is 0 Å². The van der Waals surface area contributed by atoms with E-state index in [1.54, 1.807) is 24.0 Å². The van der Waals surface area contributed by atoms with Crippen molar-refractivity contribution in [1.82, 2.24) is 9.88 Å². The maximum absolute atomic E-state index is 13.4. The van der Waals surface area contributed by atoms with Crippen LogP contribution in [-0.2, 0) is 11.3 Å². The summed E-state index contributed by atoms with van der Waals surface area (Å²) in [7, 11) is 0. The maximum atomic E-state index is 13.4. The Hall–Kier alpha value is -2.41. The Balaban J connectivity index is 1.73. The fourth-order valence-electron chi connectivity index (χ4n) is 2.81. The molecule has 2 amide bonds. The quantitative estimate of drug-likeness (QED) is 0.896. The molecule has 1 aromatic carbocycles. The molecule has 1 saturated heterocycles. The Labute approximate surface area is 146 Å². The predicted molar refractivity (Wildman–Crippen MR) is 90.8 cm³/mol. The zero-order valence-corrected chi connectivity index (χ0v) is 14.4. The second-order valence-corrected chi connectivity index (χ2v) is 6.24. The monoisotopic (exact) mass is 347 g/mol. The molecule has 1 N–H and O–H groups in total. The van der Waals surface area contributed by atoms with Gasteiger partial charge in [-0.2, -0.15) is 4.98 Å². The van der Waals surface area contributed by atoms with Gasteiger partial charge in [-0.15, -0.1) is 0 Å². The van der Waals surface area contributed by atoms with Gasteiger partial charge in [0.1, 0.15) is 11.6 Å². The van der Waals surface area contributed by atoms with Crippen molar-refractivity contribution in [3.8, 4) is 0 Å². The number of urea groups is 1. The Bertz CT molecular complexity index is 721. The van der Waals surface area contributed by atoms with E-state index in [9.17, 15) is 9.18 Å². The molecule has 25 heavy (non-hydrogen) atoms. The molecular formula is C18H22FN3O3. The number of oxazole rings is 1. The molecular weight excluding hydrogens is 325 g/mol. The third-order valence-electron chi connectivity index (χ3n) is 4.24. The lowest BCUT2D eigenvalue weighted by Gasteiger charge is -2.25. The molecule has 3 rings (SSSR count). The van der Waals surface area contributed by atoms with Crippen molar-refractivity contribution >= 4 is 12.0 Å². The number of nitrogens with one attached hydrogen (secondary N) is 1. The van der Waals surface area contributed by atoms with Crippen LogP contribution >= 0.6 is 0 Å². The number of nitrogens with zero attached hydrogens (tertiary/aromatic N) is 2. The van der Waals surface area contributed by atoms with Gasteiger partial charge < -0.3 is 14.1 Å². The molecule has 0 saturated carbocycles. The lowest BCUT2D eigenvalue weighted by molar-refractivity contribution is 0.0818. The van der Waals surface area contributed by atoms with E-state index >= 15 is 0 Å². The van der Waals surface area contributed by atoms with E-state index in [1.807, 2.05) is 6.92 Å². The highest BCUT2D eigenvalue weighted by Crippen LogP contribution is 2.18. The number of aromatic nitrogens is 1. The molecule has 2 aromatic rings. The van der Waals surface area contributed by atoms with E-state index < -0.39 is 0 Å². The fraction of sp³-hybridized carbons (Fsp3) is 0.444. The molecule has 1 fully saturated rings. The minimum Gasteiger partial charge on any atom is -0.428 e. The van der Waals surface area contributed by atoms with Gasteiger partial charge in [0.05, 0.1) is 11.8 Å². The zero-order valence-electron chi connectivity index (χ0n) is 14.4. The first-order valence-corrected chi connectivity index (χ1v) is 8.37. The van der Waals surface area contributed by atoms with Crippen LogP contribution in [0.3, 0.4) is 0 Å². The van der Waals surface area contributed by atoms with Crippen LogP contribution in [0.5, 0.6) is 0 Å². The van der Waals surface area contributed by atoms with Crippen molar-refractivity contribution in [2.45, 2.75) is 39.3 Å². The summed E-state index contributed by atoms with van der Waals surface area (Å²) in [6.07, 6.45) is 1.88. The van der Waals surface area contributed by atoms with Gasteiger partial charge in [0.15, 0.2) is 0 Å². The number of ether oxygens (including phenoxy) is 1. The van der Waals surface area contributed by atoms with E-state index in [4.69, 9.17) is 9.15 Å². The molecule has 2 heterocycles. The second kappa shape index (κ2) is 7.65. The fourth-order valence-corrected chi connectivity index (χ4v) is 2.81. The Morgan fingerprint density at radius 2 is 2.28 bits per heavy atom. The number of carbonyl (C=O) groups excluding carboxylic acids is 1. The topological polar surface area (TPSA) is 67.6 Å². The van der Waals surface area contributed by atoms with E-state index in [0.29, 0.717) is 24.5 Å². The van der Waals surface area contributed by atoms with Crippen LogP contribution in [0.1, 0.15) is 29.9 Å². The molecule has 134 valence electrons. The first-order valence-electron chi connectivity index (χ1n) is 8.37. The molecule has 6 nitrogen and oxygen atoms in total. The van der Waals surface area contributed by atoms with E-state index in [0.717, 1.165) is 18.5 Å². The maximum Gasteiger partial charge on any atom is 0.325 e. The number of hydrogen-bond acceptors (Lipinski definition) is 4. The average molecular weight is 347 g/mol. The smallest absolute Gasteiger partial charge is 0.325 e. The van der Waals surface area contributed by atoms with E-state index in [1.165, 1.54) is 12.1 Å². The summed E-state index contributed by atoms with van der Waals surface area (Å²) in [4.78, 5) is 18.4. The number of amides is 2. The summed E-state index contributed by atoms with van der Waals surface area (Å²) in [5.74, 6) is 0.333. The van der Waals surface area contributed by atoms with Crippen LogP contribution in [0.25, 0.3) is 0 Å². The van der Waals surface area contributed by atoms with Crippen LogP contribution in [0.4, 0.5) is 15.2 Å². The first kappa shape index (κ1) is 17.4. The molecule has 1 aromatic heterocycles. The van der Waals surface area contributed by atoms with Gasteiger partial charge in [-0.25, -0.2) is 9.18 Å². The molecule has 1 atom stereocenters.